The van der Waals surface area contributed by atoms with E-state index in [9.17, 15) is 24.3 Å². The fourth-order valence-electron chi connectivity index (χ4n) is 6.76. The molecule has 222 valence electrons. The highest BCUT2D eigenvalue weighted by Crippen LogP contribution is 2.54. The number of hydrogen-bond donors (Lipinski definition) is 2. The summed E-state index contributed by atoms with van der Waals surface area (Å²) < 4.78 is 12.4. The van der Waals surface area contributed by atoms with E-state index >= 15 is 0 Å². The minimum absolute atomic E-state index is 0.0603. The van der Waals surface area contributed by atoms with Crippen molar-refractivity contribution in [2.75, 3.05) is 19.7 Å². The van der Waals surface area contributed by atoms with E-state index in [-0.39, 0.29) is 49.3 Å². The summed E-state index contributed by atoms with van der Waals surface area (Å²) in [4.78, 5) is 58.1. The van der Waals surface area contributed by atoms with Crippen LogP contribution in [0, 0.1) is 17.8 Å². The number of amides is 3. The molecule has 10 nitrogen and oxygen atoms in total. The molecule has 40 heavy (non-hydrogen) atoms. The highest BCUT2D eigenvalue weighted by Gasteiger charge is 2.72. The molecular formula is C30H45N3O7. The maximum absolute atomic E-state index is 14.5. The Labute approximate surface area is 237 Å². The van der Waals surface area contributed by atoms with E-state index in [1.807, 2.05) is 32.9 Å². The summed E-state index contributed by atoms with van der Waals surface area (Å²) in [5.41, 5.74) is -1.40. The molecule has 2 saturated heterocycles. The normalized spacial score (nSPS) is 35.8. The molecule has 9 atom stereocenters. The van der Waals surface area contributed by atoms with Gasteiger partial charge in [-0.05, 0) is 32.6 Å². The Bertz CT molecular complexity index is 1040. The van der Waals surface area contributed by atoms with Gasteiger partial charge in [0.2, 0.25) is 17.7 Å². The first kappa shape index (κ1) is 30.2. The predicted octanol–water partition coefficient (Wildman–Crippen LogP) is 1.96. The van der Waals surface area contributed by atoms with E-state index in [1.165, 1.54) is 4.90 Å². The van der Waals surface area contributed by atoms with Crippen LogP contribution in [0.4, 0.5) is 0 Å². The molecule has 1 unspecified atom stereocenters. The monoisotopic (exact) mass is 559 g/mol. The molecule has 0 radical (unpaired) electrons. The van der Waals surface area contributed by atoms with Gasteiger partial charge in [0.1, 0.15) is 23.7 Å². The van der Waals surface area contributed by atoms with E-state index in [1.54, 1.807) is 24.0 Å². The number of allylic oxidation sites excluding steroid dienone is 1. The van der Waals surface area contributed by atoms with Crippen molar-refractivity contribution in [2.45, 2.75) is 103 Å². The standard InChI is InChI=1S/C30H45N3O7/c1-6-11-19(4)32-15-10-14-30-25(27(36)33(26(30)28(32)37)21(17-34)18(3)7-2)24-22(40-30)12-8-9-13-23(35)31-16-20(5)39-29(24)38/h8,10,12,14,18-22,24-26,34H,6-7,9,11,13,15-17H2,1-5H3,(H,31,35)/b12-8-/t18-,19?,20-,21-,22-,24+,25+,26-,30+/m0/s1. The molecule has 0 saturated carbocycles. The molecule has 3 amide bonds. The second kappa shape index (κ2) is 12.4. The third-order valence-electron chi connectivity index (χ3n) is 9.09. The van der Waals surface area contributed by atoms with Crippen LogP contribution >= 0.6 is 0 Å². The van der Waals surface area contributed by atoms with Crippen molar-refractivity contribution >= 4 is 23.7 Å². The van der Waals surface area contributed by atoms with E-state index in [2.05, 4.69) is 12.2 Å². The Hall–Kier alpha value is -2.72. The number of aliphatic hydroxyl groups excluding tert-OH is 1. The Kier molecular flexibility index (Phi) is 9.40. The summed E-state index contributed by atoms with van der Waals surface area (Å²) >= 11 is 0. The molecule has 4 rings (SSSR count). The second-order valence-corrected chi connectivity index (χ2v) is 11.8. The summed E-state index contributed by atoms with van der Waals surface area (Å²) in [5.74, 6) is -3.42. The first-order valence-corrected chi connectivity index (χ1v) is 14.8. The largest absolute Gasteiger partial charge is 0.460 e. The number of likely N-dealkylation sites (tertiary alicyclic amines) is 1. The van der Waals surface area contributed by atoms with Gasteiger partial charge in [0.25, 0.3) is 0 Å². The zero-order valence-corrected chi connectivity index (χ0v) is 24.4. The van der Waals surface area contributed by atoms with E-state index in [4.69, 9.17) is 9.47 Å². The van der Waals surface area contributed by atoms with Crippen LogP contribution in [0.15, 0.2) is 24.3 Å². The van der Waals surface area contributed by atoms with Crippen LogP contribution in [0.25, 0.3) is 0 Å². The van der Waals surface area contributed by atoms with Crippen LogP contribution in [0.2, 0.25) is 0 Å². The van der Waals surface area contributed by atoms with Gasteiger partial charge < -0.3 is 29.7 Å². The van der Waals surface area contributed by atoms with Crippen molar-refractivity contribution in [2.24, 2.45) is 17.8 Å². The first-order chi connectivity index (χ1) is 19.1. The molecular weight excluding hydrogens is 514 g/mol. The molecule has 10 heteroatoms. The molecule has 0 aromatic carbocycles. The fraction of sp³-hybridized carbons (Fsp3) is 0.733. The van der Waals surface area contributed by atoms with Gasteiger partial charge in [-0.1, -0.05) is 57.9 Å². The van der Waals surface area contributed by atoms with Crippen molar-refractivity contribution in [1.82, 2.24) is 15.1 Å². The molecule has 0 aliphatic carbocycles. The van der Waals surface area contributed by atoms with Gasteiger partial charge in [-0.3, -0.25) is 19.2 Å². The molecule has 0 aromatic heterocycles. The third-order valence-corrected chi connectivity index (χ3v) is 9.09. The van der Waals surface area contributed by atoms with Crippen LogP contribution in [0.3, 0.4) is 0 Å². The number of nitrogens with zero attached hydrogens (tertiary/aromatic N) is 2. The number of carbonyl (C=O) groups excluding carboxylic acids is 4. The van der Waals surface area contributed by atoms with E-state index < -0.39 is 47.7 Å². The number of cyclic esters (lactones) is 1. The lowest BCUT2D eigenvalue weighted by Crippen LogP contribution is -2.60. The first-order valence-electron chi connectivity index (χ1n) is 14.8. The zero-order valence-electron chi connectivity index (χ0n) is 24.4. The molecule has 4 aliphatic heterocycles. The van der Waals surface area contributed by atoms with Gasteiger partial charge in [0.05, 0.1) is 31.2 Å². The summed E-state index contributed by atoms with van der Waals surface area (Å²) in [7, 11) is 0. The number of fused-ring (bicyclic) bond motifs is 2. The number of rotatable bonds is 7. The minimum atomic E-state index is -1.40. The second-order valence-electron chi connectivity index (χ2n) is 11.8. The molecule has 0 aromatic rings. The van der Waals surface area contributed by atoms with Crippen LogP contribution in [0.1, 0.15) is 66.7 Å². The maximum Gasteiger partial charge on any atom is 0.313 e. The maximum atomic E-state index is 14.5. The summed E-state index contributed by atoms with van der Waals surface area (Å²) in [6.45, 7) is 9.92. The number of ether oxygens (including phenoxy) is 2. The Morgan fingerprint density at radius 2 is 1.90 bits per heavy atom. The molecule has 0 bridgehead atoms. The predicted molar refractivity (Wildman–Crippen MR) is 148 cm³/mol. The van der Waals surface area contributed by atoms with Crippen LogP contribution < -0.4 is 5.32 Å². The lowest BCUT2D eigenvalue weighted by molar-refractivity contribution is -0.160. The molecule has 4 aliphatic rings. The highest BCUT2D eigenvalue weighted by atomic mass is 16.6. The Morgan fingerprint density at radius 3 is 2.58 bits per heavy atom. The van der Waals surface area contributed by atoms with Crippen LogP contribution in [-0.4, -0.2) is 94.2 Å². The van der Waals surface area contributed by atoms with E-state index in [0.717, 1.165) is 12.8 Å². The SMILES string of the molecule is CCCC(C)N1CC=C[C@@]23O[C@H]4/C=C\CCC(=O)NC[C@H](C)OC(=O)[C@H]4[C@@H]2C(=O)N([C@@H](CO)[C@@H](C)CC)[C@H]3C1=O. The lowest BCUT2D eigenvalue weighted by atomic mass is 9.77. The zero-order chi connectivity index (χ0) is 29.2. The van der Waals surface area contributed by atoms with Crippen molar-refractivity contribution in [1.29, 1.82) is 0 Å². The number of esters is 1. The van der Waals surface area contributed by atoms with Crippen molar-refractivity contribution in [3.8, 4) is 0 Å². The van der Waals surface area contributed by atoms with Gasteiger partial charge in [-0.2, -0.15) is 0 Å². The minimum Gasteiger partial charge on any atom is -0.460 e. The van der Waals surface area contributed by atoms with Gasteiger partial charge in [-0.25, -0.2) is 0 Å². The number of aliphatic hydroxyl groups is 1. The molecule has 2 N–H and O–H groups in total. The highest BCUT2D eigenvalue weighted by molar-refractivity contribution is 5.99. The van der Waals surface area contributed by atoms with Crippen molar-refractivity contribution < 1.29 is 33.8 Å². The van der Waals surface area contributed by atoms with Gasteiger partial charge >= 0.3 is 5.97 Å². The Balaban J connectivity index is 1.84. The lowest BCUT2D eigenvalue weighted by Gasteiger charge is -2.41. The van der Waals surface area contributed by atoms with Gasteiger partial charge in [0, 0.05) is 19.0 Å². The van der Waals surface area contributed by atoms with Crippen LogP contribution in [-0.2, 0) is 28.7 Å². The quantitative estimate of drug-likeness (QED) is 0.361. The summed E-state index contributed by atoms with van der Waals surface area (Å²) in [6.07, 6.45) is 8.89. The number of hydrogen-bond acceptors (Lipinski definition) is 7. The molecule has 4 heterocycles. The van der Waals surface area contributed by atoms with Crippen LogP contribution in [0.5, 0.6) is 0 Å². The van der Waals surface area contributed by atoms with Gasteiger partial charge in [-0.15, -0.1) is 0 Å². The Morgan fingerprint density at radius 1 is 1.15 bits per heavy atom. The number of nitrogens with one attached hydrogen (secondary N) is 1. The average Bonchev–Trinajstić information content (AvgIpc) is 3.30. The van der Waals surface area contributed by atoms with Crippen molar-refractivity contribution in [3.05, 3.63) is 24.3 Å². The average molecular weight is 560 g/mol. The fourth-order valence-corrected chi connectivity index (χ4v) is 6.76. The topological polar surface area (TPSA) is 125 Å². The summed E-state index contributed by atoms with van der Waals surface area (Å²) in [5, 5.41) is 13.3. The molecule has 2 fully saturated rings. The van der Waals surface area contributed by atoms with Crippen molar-refractivity contribution in [3.63, 3.8) is 0 Å². The number of carbonyl (C=O) groups is 4. The molecule has 1 spiro atoms. The third kappa shape index (κ3) is 5.32. The summed E-state index contributed by atoms with van der Waals surface area (Å²) in [6, 6.07) is -1.70. The van der Waals surface area contributed by atoms with E-state index in [0.29, 0.717) is 19.4 Å². The smallest absolute Gasteiger partial charge is 0.313 e. The van der Waals surface area contributed by atoms with Gasteiger partial charge in [0.15, 0.2) is 0 Å².